The lowest BCUT2D eigenvalue weighted by atomic mass is 10.2. The first-order valence-corrected chi connectivity index (χ1v) is 10.3. The van der Waals surface area contributed by atoms with E-state index in [9.17, 15) is 8.42 Å². The molecule has 2 aromatic heterocycles. The summed E-state index contributed by atoms with van der Waals surface area (Å²) < 4.78 is 26.3. The van der Waals surface area contributed by atoms with E-state index in [0.717, 1.165) is 15.3 Å². The van der Waals surface area contributed by atoms with Gasteiger partial charge >= 0.3 is 0 Å². The van der Waals surface area contributed by atoms with Gasteiger partial charge in [0.25, 0.3) is 0 Å². The minimum atomic E-state index is -3.68. The van der Waals surface area contributed by atoms with Crippen molar-refractivity contribution in [2.45, 2.75) is 4.90 Å². The second kappa shape index (κ2) is 7.14. The summed E-state index contributed by atoms with van der Waals surface area (Å²) in [6.07, 6.45) is 0. The van der Waals surface area contributed by atoms with Crippen LogP contribution in [0.15, 0.2) is 53.4 Å². The first kappa shape index (κ1) is 18.8. The molecule has 0 saturated heterocycles. The topological polar surface area (TPSA) is 99.2 Å². The van der Waals surface area contributed by atoms with E-state index in [1.807, 2.05) is 24.3 Å². The van der Waals surface area contributed by atoms with Crippen molar-refractivity contribution >= 4 is 43.6 Å². The third-order valence-electron chi connectivity index (χ3n) is 4.50. The zero-order valence-electron chi connectivity index (χ0n) is 14.9. The predicted octanol–water partition coefficient (Wildman–Crippen LogP) is 3.04. The number of aliphatic hydroxyl groups excluding tert-OH is 1. The number of nitrogens with one attached hydrogen (secondary N) is 1. The second-order valence-electron chi connectivity index (χ2n) is 6.33. The third-order valence-corrected chi connectivity index (χ3v) is 6.61. The maximum Gasteiger partial charge on any atom is 0.242 e. The standard InChI is InChI=1S/C19H17ClN4O3S/c1-24(8-9-25)28(26,27)13-6-7-14-12(10-13)11-17(21-14)18-19(20)23-16-5-3-2-4-15(16)22-18/h2-7,10-11,21,25H,8-9H2,1H3. The van der Waals surface area contributed by atoms with Crippen molar-refractivity contribution < 1.29 is 13.5 Å². The molecule has 2 heterocycles. The average molecular weight is 417 g/mol. The van der Waals surface area contributed by atoms with Crippen molar-refractivity contribution in [1.29, 1.82) is 0 Å². The zero-order valence-corrected chi connectivity index (χ0v) is 16.5. The van der Waals surface area contributed by atoms with Crippen molar-refractivity contribution in [2.75, 3.05) is 20.2 Å². The van der Waals surface area contributed by atoms with E-state index in [1.54, 1.807) is 18.2 Å². The molecule has 4 rings (SSSR count). The lowest BCUT2D eigenvalue weighted by Crippen LogP contribution is -2.29. The Labute approximate surface area is 166 Å². The molecule has 9 heteroatoms. The van der Waals surface area contributed by atoms with Crippen LogP contribution in [0, 0.1) is 0 Å². The molecule has 0 spiro atoms. The number of aromatic amines is 1. The number of aromatic nitrogens is 3. The lowest BCUT2D eigenvalue weighted by molar-refractivity contribution is 0.266. The first-order valence-electron chi connectivity index (χ1n) is 8.53. The van der Waals surface area contributed by atoms with Gasteiger partial charge in [-0.25, -0.2) is 18.4 Å². The Kier molecular flexibility index (Phi) is 4.80. The van der Waals surface area contributed by atoms with E-state index >= 15 is 0 Å². The van der Waals surface area contributed by atoms with Gasteiger partial charge in [-0.05, 0) is 36.4 Å². The monoisotopic (exact) mass is 416 g/mol. The molecule has 7 nitrogen and oxygen atoms in total. The second-order valence-corrected chi connectivity index (χ2v) is 8.74. The van der Waals surface area contributed by atoms with Gasteiger partial charge in [-0.2, -0.15) is 4.31 Å². The van der Waals surface area contributed by atoms with Crippen molar-refractivity contribution in [1.82, 2.24) is 19.3 Å². The number of fused-ring (bicyclic) bond motifs is 2. The Morgan fingerprint density at radius 2 is 1.82 bits per heavy atom. The summed E-state index contributed by atoms with van der Waals surface area (Å²) in [6.45, 7) is -0.216. The number of halogens is 1. The third kappa shape index (κ3) is 3.24. The van der Waals surface area contributed by atoms with Gasteiger partial charge in [0.15, 0.2) is 5.15 Å². The van der Waals surface area contributed by atoms with Gasteiger partial charge in [-0.1, -0.05) is 23.7 Å². The molecule has 0 unspecified atom stereocenters. The van der Waals surface area contributed by atoms with Crippen LogP contribution < -0.4 is 0 Å². The molecule has 144 valence electrons. The maximum absolute atomic E-state index is 12.6. The molecule has 0 radical (unpaired) electrons. The zero-order chi connectivity index (χ0) is 19.9. The molecule has 0 aliphatic carbocycles. The Hall–Kier alpha value is -2.52. The van der Waals surface area contributed by atoms with Crippen molar-refractivity contribution in [2.24, 2.45) is 0 Å². The molecule has 0 amide bonds. The van der Waals surface area contributed by atoms with Crippen LogP contribution in [0.25, 0.3) is 33.3 Å². The number of hydrogen-bond donors (Lipinski definition) is 2. The number of H-pyrrole nitrogens is 1. The van der Waals surface area contributed by atoms with Crippen LogP contribution >= 0.6 is 11.6 Å². The summed E-state index contributed by atoms with van der Waals surface area (Å²) in [5.74, 6) is 0. The van der Waals surface area contributed by atoms with E-state index in [1.165, 1.54) is 13.1 Å². The smallest absolute Gasteiger partial charge is 0.242 e. The van der Waals surface area contributed by atoms with Crippen LogP contribution in [0.5, 0.6) is 0 Å². The van der Waals surface area contributed by atoms with E-state index in [-0.39, 0.29) is 23.2 Å². The summed E-state index contributed by atoms with van der Waals surface area (Å²) in [7, 11) is -2.25. The van der Waals surface area contributed by atoms with E-state index in [0.29, 0.717) is 22.3 Å². The van der Waals surface area contributed by atoms with Crippen LogP contribution in [-0.4, -0.2) is 53.0 Å². The Balaban J connectivity index is 1.80. The highest BCUT2D eigenvalue weighted by atomic mass is 35.5. The summed E-state index contributed by atoms with van der Waals surface area (Å²) in [4.78, 5) is 12.3. The van der Waals surface area contributed by atoms with E-state index < -0.39 is 10.0 Å². The number of nitrogens with zero attached hydrogens (tertiary/aromatic N) is 3. The summed E-state index contributed by atoms with van der Waals surface area (Å²) in [5.41, 5.74) is 3.32. The molecule has 28 heavy (non-hydrogen) atoms. The number of likely N-dealkylation sites (N-methyl/N-ethyl adjacent to an activating group) is 1. The highest BCUT2D eigenvalue weighted by molar-refractivity contribution is 7.89. The van der Waals surface area contributed by atoms with E-state index in [4.69, 9.17) is 16.7 Å². The van der Waals surface area contributed by atoms with Crippen LogP contribution in [-0.2, 0) is 10.0 Å². The van der Waals surface area contributed by atoms with Crippen LogP contribution in [0.2, 0.25) is 5.15 Å². The normalized spacial score (nSPS) is 12.3. The van der Waals surface area contributed by atoms with Gasteiger partial charge < -0.3 is 10.1 Å². The molecular formula is C19H17ClN4O3S. The minimum absolute atomic E-state index is 0.0288. The van der Waals surface area contributed by atoms with Gasteiger partial charge in [-0.15, -0.1) is 0 Å². The van der Waals surface area contributed by atoms with Gasteiger partial charge in [0, 0.05) is 24.5 Å². The molecule has 0 fully saturated rings. The number of benzene rings is 2. The molecule has 0 atom stereocenters. The summed E-state index contributed by atoms with van der Waals surface area (Å²) in [6, 6.07) is 14.0. The fourth-order valence-corrected chi connectivity index (χ4v) is 4.42. The van der Waals surface area contributed by atoms with Crippen molar-refractivity contribution in [3.63, 3.8) is 0 Å². The Bertz CT molecular complexity index is 1290. The average Bonchev–Trinajstić information content (AvgIpc) is 3.10. The quantitative estimate of drug-likeness (QED) is 0.521. The fourth-order valence-electron chi connectivity index (χ4n) is 2.99. The van der Waals surface area contributed by atoms with Crippen LogP contribution in [0.4, 0.5) is 0 Å². The molecular weight excluding hydrogens is 400 g/mol. The van der Waals surface area contributed by atoms with Crippen molar-refractivity contribution in [3.05, 3.63) is 53.7 Å². The number of sulfonamides is 1. The number of hydrogen-bond acceptors (Lipinski definition) is 5. The summed E-state index contributed by atoms with van der Waals surface area (Å²) >= 11 is 6.33. The fraction of sp³-hybridized carbons (Fsp3) is 0.158. The SMILES string of the molecule is CN(CCO)S(=O)(=O)c1ccc2[nH]c(-c3nc4ccccc4nc3Cl)cc2c1. The van der Waals surface area contributed by atoms with Gasteiger partial charge in [0.05, 0.1) is 28.2 Å². The highest BCUT2D eigenvalue weighted by Gasteiger charge is 2.21. The van der Waals surface area contributed by atoms with Crippen molar-refractivity contribution in [3.8, 4) is 11.4 Å². The Morgan fingerprint density at radius 1 is 1.11 bits per heavy atom. The molecule has 2 N–H and O–H groups in total. The maximum atomic E-state index is 12.6. The molecule has 0 bridgehead atoms. The van der Waals surface area contributed by atoms with Gasteiger partial charge in [-0.3, -0.25) is 0 Å². The van der Waals surface area contributed by atoms with E-state index in [2.05, 4.69) is 15.0 Å². The number of rotatable bonds is 5. The highest BCUT2D eigenvalue weighted by Crippen LogP contribution is 2.30. The lowest BCUT2D eigenvalue weighted by Gasteiger charge is -2.15. The number of para-hydroxylation sites is 2. The molecule has 0 aliphatic heterocycles. The summed E-state index contributed by atoms with van der Waals surface area (Å²) in [5, 5.41) is 9.99. The number of aliphatic hydroxyl groups is 1. The molecule has 0 saturated carbocycles. The van der Waals surface area contributed by atoms with Crippen LogP contribution in [0.1, 0.15) is 0 Å². The molecule has 4 aromatic rings. The predicted molar refractivity (Wildman–Crippen MR) is 109 cm³/mol. The first-order chi connectivity index (χ1) is 13.4. The van der Waals surface area contributed by atoms with Gasteiger partial charge in [0.2, 0.25) is 10.0 Å². The Morgan fingerprint density at radius 3 is 2.54 bits per heavy atom. The molecule has 2 aromatic carbocycles. The van der Waals surface area contributed by atoms with Crippen LogP contribution in [0.3, 0.4) is 0 Å². The molecule has 0 aliphatic rings. The minimum Gasteiger partial charge on any atom is -0.395 e. The largest absolute Gasteiger partial charge is 0.395 e. The van der Waals surface area contributed by atoms with Gasteiger partial charge in [0.1, 0.15) is 5.69 Å².